The number of anilines is 1. The lowest BCUT2D eigenvalue weighted by Crippen LogP contribution is -2.32. The Balaban J connectivity index is 1.90. The highest BCUT2D eigenvalue weighted by atomic mass is 32.1. The molecule has 0 saturated heterocycles. The molecule has 1 aromatic carbocycles. The summed E-state index contributed by atoms with van der Waals surface area (Å²) in [4.78, 5) is 12.0. The lowest BCUT2D eigenvalue weighted by atomic mass is 10.2. The number of carbonyl (C=O) groups excluding carboxylic acids is 1. The van der Waals surface area contributed by atoms with Gasteiger partial charge in [0.2, 0.25) is 0 Å². The molecule has 0 radical (unpaired) electrons. The van der Waals surface area contributed by atoms with E-state index in [0.717, 1.165) is 22.8 Å². The van der Waals surface area contributed by atoms with Crippen molar-refractivity contribution in [3.05, 3.63) is 34.4 Å². The van der Waals surface area contributed by atoms with E-state index in [0.29, 0.717) is 17.9 Å². The molecule has 0 spiro atoms. The fourth-order valence-corrected chi connectivity index (χ4v) is 2.57. The second kappa shape index (κ2) is 7.96. The first-order chi connectivity index (χ1) is 11.4. The van der Waals surface area contributed by atoms with Gasteiger partial charge in [0.05, 0.1) is 7.11 Å². The minimum atomic E-state index is -0.260. The second-order valence-electron chi connectivity index (χ2n) is 5.76. The Kier molecular flexibility index (Phi) is 5.97. The molecule has 24 heavy (non-hydrogen) atoms. The zero-order valence-electron chi connectivity index (χ0n) is 14.3. The maximum Gasteiger partial charge on any atom is 0.319 e. The molecule has 7 nitrogen and oxygen atoms in total. The smallest absolute Gasteiger partial charge is 0.319 e. The quantitative estimate of drug-likeness (QED) is 0.699. The minimum Gasteiger partial charge on any atom is -0.497 e. The van der Waals surface area contributed by atoms with Crippen LogP contribution in [0.15, 0.2) is 18.2 Å². The molecule has 130 valence electrons. The number of nitrogens with one attached hydrogen (secondary N) is 3. The van der Waals surface area contributed by atoms with Crippen molar-refractivity contribution in [2.45, 2.75) is 33.2 Å². The van der Waals surface area contributed by atoms with Gasteiger partial charge < -0.3 is 19.9 Å². The number of aromatic nitrogens is 3. The summed E-state index contributed by atoms with van der Waals surface area (Å²) in [5, 5.41) is 12.7. The van der Waals surface area contributed by atoms with Crippen molar-refractivity contribution in [1.82, 2.24) is 20.1 Å². The lowest BCUT2D eigenvalue weighted by Gasteiger charge is -2.12. The van der Waals surface area contributed by atoms with Crippen molar-refractivity contribution >= 4 is 23.9 Å². The van der Waals surface area contributed by atoms with Crippen LogP contribution in [0.5, 0.6) is 5.75 Å². The molecular weight excluding hydrogens is 326 g/mol. The topological polar surface area (TPSA) is 84.0 Å². The van der Waals surface area contributed by atoms with Gasteiger partial charge >= 0.3 is 6.03 Å². The van der Waals surface area contributed by atoms with Gasteiger partial charge in [-0.1, -0.05) is 13.8 Å². The Labute approximate surface area is 146 Å². The van der Waals surface area contributed by atoms with E-state index in [1.54, 1.807) is 7.11 Å². The number of aryl methyl sites for hydroxylation is 1. The van der Waals surface area contributed by atoms with Gasteiger partial charge in [0.15, 0.2) is 4.77 Å². The van der Waals surface area contributed by atoms with Gasteiger partial charge in [-0.3, -0.25) is 5.10 Å². The van der Waals surface area contributed by atoms with Crippen molar-refractivity contribution in [2.24, 2.45) is 0 Å². The molecule has 1 aromatic heterocycles. The second-order valence-corrected chi connectivity index (χ2v) is 6.14. The molecule has 0 fully saturated rings. The Morgan fingerprint density at radius 3 is 2.83 bits per heavy atom. The van der Waals surface area contributed by atoms with Crippen molar-refractivity contribution in [3.63, 3.8) is 0 Å². The van der Waals surface area contributed by atoms with Crippen molar-refractivity contribution in [1.29, 1.82) is 0 Å². The SMILES string of the molecule is COc1ccc(NC(=O)NCCn2c(C(C)C)n[nH]c2=S)c(C)c1. The van der Waals surface area contributed by atoms with Crippen LogP contribution in [0.4, 0.5) is 10.5 Å². The largest absolute Gasteiger partial charge is 0.497 e. The van der Waals surface area contributed by atoms with Crippen LogP contribution in [0, 0.1) is 11.7 Å². The minimum absolute atomic E-state index is 0.258. The molecule has 0 aliphatic carbocycles. The number of benzene rings is 1. The zero-order chi connectivity index (χ0) is 17.7. The van der Waals surface area contributed by atoms with E-state index in [2.05, 4.69) is 20.8 Å². The number of rotatable bonds is 6. The monoisotopic (exact) mass is 349 g/mol. The number of urea groups is 1. The van der Waals surface area contributed by atoms with Crippen LogP contribution in [0.2, 0.25) is 0 Å². The summed E-state index contributed by atoms with van der Waals surface area (Å²) in [6.07, 6.45) is 0. The summed E-state index contributed by atoms with van der Waals surface area (Å²) in [5.74, 6) is 1.90. The van der Waals surface area contributed by atoms with Crippen LogP contribution in [0.1, 0.15) is 31.2 Å². The molecule has 0 unspecified atom stereocenters. The van der Waals surface area contributed by atoms with Gasteiger partial charge in [-0.25, -0.2) is 4.79 Å². The number of hydrogen-bond acceptors (Lipinski definition) is 4. The van der Waals surface area contributed by atoms with Crippen LogP contribution >= 0.6 is 12.2 Å². The van der Waals surface area contributed by atoms with E-state index in [-0.39, 0.29) is 11.9 Å². The predicted octanol–water partition coefficient (Wildman–Crippen LogP) is 3.20. The fourth-order valence-electron chi connectivity index (χ4n) is 2.34. The first-order valence-corrected chi connectivity index (χ1v) is 8.17. The molecule has 0 saturated carbocycles. The van der Waals surface area contributed by atoms with Gasteiger partial charge in [-0.15, -0.1) is 0 Å². The molecule has 8 heteroatoms. The van der Waals surface area contributed by atoms with E-state index in [1.165, 1.54) is 0 Å². The van der Waals surface area contributed by atoms with Crippen molar-refractivity contribution in [2.75, 3.05) is 19.0 Å². The number of hydrogen-bond donors (Lipinski definition) is 3. The van der Waals surface area contributed by atoms with E-state index in [1.807, 2.05) is 43.5 Å². The lowest BCUT2D eigenvalue weighted by molar-refractivity contribution is 0.251. The molecule has 1 heterocycles. The summed E-state index contributed by atoms with van der Waals surface area (Å²) in [6, 6.07) is 5.23. The third kappa shape index (κ3) is 4.35. The normalized spacial score (nSPS) is 10.7. The van der Waals surface area contributed by atoms with Crippen LogP contribution in [-0.2, 0) is 6.54 Å². The number of nitrogens with zero attached hydrogens (tertiary/aromatic N) is 2. The molecule has 0 aliphatic heterocycles. The van der Waals surface area contributed by atoms with Crippen molar-refractivity contribution in [3.8, 4) is 5.75 Å². The van der Waals surface area contributed by atoms with Crippen LogP contribution in [-0.4, -0.2) is 34.5 Å². The molecule has 2 rings (SSSR count). The Hall–Kier alpha value is -2.35. The summed E-state index contributed by atoms with van der Waals surface area (Å²) in [7, 11) is 1.61. The highest BCUT2D eigenvalue weighted by Crippen LogP contribution is 2.20. The Morgan fingerprint density at radius 2 is 2.21 bits per heavy atom. The molecule has 0 atom stereocenters. The predicted molar refractivity (Wildman–Crippen MR) is 96.3 cm³/mol. The number of carbonyl (C=O) groups is 1. The van der Waals surface area contributed by atoms with Gasteiger partial charge in [-0.2, -0.15) is 5.10 Å². The van der Waals surface area contributed by atoms with Gasteiger partial charge in [-0.05, 0) is 42.9 Å². The number of ether oxygens (including phenoxy) is 1. The van der Waals surface area contributed by atoms with E-state index in [4.69, 9.17) is 17.0 Å². The highest BCUT2D eigenvalue weighted by Gasteiger charge is 2.10. The van der Waals surface area contributed by atoms with E-state index in [9.17, 15) is 4.79 Å². The van der Waals surface area contributed by atoms with Gasteiger partial charge in [0.25, 0.3) is 0 Å². The summed E-state index contributed by atoms with van der Waals surface area (Å²) >= 11 is 5.22. The number of amides is 2. The fraction of sp³-hybridized carbons (Fsp3) is 0.438. The third-order valence-corrected chi connectivity index (χ3v) is 3.92. The molecule has 2 amide bonds. The maximum absolute atomic E-state index is 12.0. The van der Waals surface area contributed by atoms with Crippen LogP contribution in [0.25, 0.3) is 0 Å². The first-order valence-electron chi connectivity index (χ1n) is 7.77. The molecule has 3 N–H and O–H groups in total. The van der Waals surface area contributed by atoms with Gasteiger partial charge in [0, 0.05) is 24.7 Å². The zero-order valence-corrected chi connectivity index (χ0v) is 15.2. The van der Waals surface area contributed by atoms with Crippen LogP contribution < -0.4 is 15.4 Å². The molecule has 2 aromatic rings. The van der Waals surface area contributed by atoms with Gasteiger partial charge in [0.1, 0.15) is 11.6 Å². The Bertz CT molecular complexity index is 766. The third-order valence-electron chi connectivity index (χ3n) is 3.61. The van der Waals surface area contributed by atoms with E-state index >= 15 is 0 Å². The van der Waals surface area contributed by atoms with Crippen LogP contribution in [0.3, 0.4) is 0 Å². The Morgan fingerprint density at radius 1 is 1.46 bits per heavy atom. The summed E-state index contributed by atoms with van der Waals surface area (Å²) in [5.41, 5.74) is 1.68. The number of H-pyrrole nitrogens is 1. The molecular formula is C16H23N5O2S. The molecule has 0 bridgehead atoms. The number of methoxy groups -OCH3 is 1. The summed E-state index contributed by atoms with van der Waals surface area (Å²) < 4.78 is 7.62. The van der Waals surface area contributed by atoms with Crippen molar-refractivity contribution < 1.29 is 9.53 Å². The van der Waals surface area contributed by atoms with E-state index < -0.39 is 0 Å². The highest BCUT2D eigenvalue weighted by molar-refractivity contribution is 7.71. The molecule has 0 aliphatic rings. The average molecular weight is 349 g/mol. The standard InChI is InChI=1S/C16H23N5O2S/c1-10(2)14-19-20-16(24)21(14)8-7-17-15(22)18-13-6-5-12(23-4)9-11(13)3/h5-6,9-10H,7-8H2,1-4H3,(H,20,24)(H2,17,18,22). The maximum atomic E-state index is 12.0. The average Bonchev–Trinajstić information content (AvgIpc) is 2.90. The first kappa shape index (κ1) is 18.0. The summed E-state index contributed by atoms with van der Waals surface area (Å²) in [6.45, 7) is 7.03. The number of aromatic amines is 1.